The van der Waals surface area contributed by atoms with Crippen LogP contribution in [0, 0.1) is 0 Å². The van der Waals surface area contributed by atoms with Gasteiger partial charge in [0.15, 0.2) is 31.5 Å². The maximum absolute atomic E-state index is 12.5. The maximum atomic E-state index is 12.5. The Bertz CT molecular complexity index is 1430. The van der Waals surface area contributed by atoms with Gasteiger partial charge >= 0.3 is 0 Å². The molecule has 0 aromatic carbocycles. The van der Waals surface area contributed by atoms with Gasteiger partial charge in [-0.15, -0.1) is 0 Å². The molecule has 0 saturated carbocycles. The zero-order valence-corrected chi connectivity index (χ0v) is 34.5. The van der Waals surface area contributed by atoms with E-state index >= 15 is 0 Å². The van der Waals surface area contributed by atoms with Crippen molar-refractivity contribution < 1.29 is 118 Å². The molecular formula is C36H63N3O24. The van der Waals surface area contributed by atoms with E-state index in [1.807, 2.05) is 0 Å². The van der Waals surface area contributed by atoms with Gasteiger partial charge in [0, 0.05) is 33.2 Å². The normalized spacial score (nSPS) is 46.0. The second kappa shape index (κ2) is 23.7. The van der Waals surface area contributed by atoms with Crippen molar-refractivity contribution in [1.82, 2.24) is 10.6 Å². The van der Waals surface area contributed by atoms with Crippen LogP contribution >= 0.6 is 0 Å². The van der Waals surface area contributed by atoms with Crippen LogP contribution in [0.3, 0.4) is 0 Å². The van der Waals surface area contributed by atoms with Crippen molar-refractivity contribution in [2.24, 2.45) is 5.73 Å². The Balaban J connectivity index is 1.39. The van der Waals surface area contributed by atoms with E-state index in [0.717, 1.165) is 6.92 Å². The molecular weight excluding hydrogens is 858 g/mol. The standard InChI is InChI=1S/C36H63N3O24/c1-12(44)38-23-28(51)31(18(9-42)58-34(23)54-4-3-37)62-35-24(39-13(2)45)29(52)32(19(10-43)59-35)63-36-30(53)33(61-22-6-15(47)26(49)17(8-41)57-22)27(50)20(60-36)11-55-21-5-14(46)25(48)16(7-40)56-21/h14-36,40-43,46-53H,3-11,37H2,1-2H3,(H,38,44)(H,39,45)/t14-,15?,16?,17?,18?,19?,20?,21+,22+,23?,24?,25+,26-,27-,28-,29-,30?,31-,32-,33+,34-,35+,36+/m1/s1. The van der Waals surface area contributed by atoms with Gasteiger partial charge in [0.25, 0.3) is 0 Å². The van der Waals surface area contributed by atoms with Crippen molar-refractivity contribution in [2.45, 2.75) is 168 Å². The van der Waals surface area contributed by atoms with E-state index in [1.54, 1.807) is 0 Å². The number of ether oxygens (including phenoxy) is 10. The van der Waals surface area contributed by atoms with E-state index < -0.39 is 192 Å². The fourth-order valence-electron chi connectivity index (χ4n) is 8.02. The van der Waals surface area contributed by atoms with Crippen LogP contribution in [0.15, 0.2) is 0 Å². The number of hydrogen-bond acceptors (Lipinski definition) is 25. The van der Waals surface area contributed by atoms with E-state index in [4.69, 9.17) is 53.1 Å². The lowest BCUT2D eigenvalue weighted by Gasteiger charge is -2.50. The second-order valence-corrected chi connectivity index (χ2v) is 15.9. The number of nitrogens with one attached hydrogen (secondary N) is 2. The minimum atomic E-state index is -2.00. The molecule has 0 spiro atoms. The lowest BCUT2D eigenvalue weighted by Crippen LogP contribution is -2.70. The molecule has 5 aliphatic rings. The minimum Gasteiger partial charge on any atom is -0.394 e. The third kappa shape index (κ3) is 12.5. The van der Waals surface area contributed by atoms with Crippen LogP contribution in [0.2, 0.25) is 0 Å². The smallest absolute Gasteiger partial charge is 0.217 e. The largest absolute Gasteiger partial charge is 0.394 e. The van der Waals surface area contributed by atoms with Crippen LogP contribution in [0.25, 0.3) is 0 Å². The van der Waals surface area contributed by atoms with Gasteiger partial charge in [-0.2, -0.15) is 0 Å². The maximum Gasteiger partial charge on any atom is 0.217 e. The highest BCUT2D eigenvalue weighted by atomic mass is 16.8. The fraction of sp³-hybridized carbons (Fsp3) is 0.944. The number of amides is 2. The molecule has 5 saturated heterocycles. The quantitative estimate of drug-likeness (QED) is 0.0607. The van der Waals surface area contributed by atoms with E-state index in [9.17, 15) is 70.9 Å². The van der Waals surface area contributed by atoms with E-state index in [2.05, 4.69) is 10.6 Å². The lowest BCUT2D eigenvalue weighted by atomic mass is 9.94. The first-order valence-electron chi connectivity index (χ1n) is 20.6. The fourth-order valence-corrected chi connectivity index (χ4v) is 8.02. The summed E-state index contributed by atoms with van der Waals surface area (Å²) in [6.07, 6.45) is -33.6. The van der Waals surface area contributed by atoms with Gasteiger partial charge in [0.2, 0.25) is 11.8 Å². The molecule has 5 fully saturated rings. The summed E-state index contributed by atoms with van der Waals surface area (Å²) in [5.74, 6) is -1.34. The van der Waals surface area contributed by atoms with Crippen LogP contribution in [-0.2, 0) is 57.0 Å². The summed E-state index contributed by atoms with van der Waals surface area (Å²) in [5, 5.41) is 133. The van der Waals surface area contributed by atoms with Gasteiger partial charge in [-0.1, -0.05) is 0 Å². The molecule has 9 unspecified atom stereocenters. The summed E-state index contributed by atoms with van der Waals surface area (Å²) < 4.78 is 58.1. The molecule has 0 aromatic heterocycles. The molecule has 27 nitrogen and oxygen atoms in total. The molecule has 63 heavy (non-hydrogen) atoms. The molecule has 366 valence electrons. The Morgan fingerprint density at radius 1 is 0.524 bits per heavy atom. The monoisotopic (exact) mass is 921 g/mol. The first-order chi connectivity index (χ1) is 30.0. The summed E-state index contributed by atoms with van der Waals surface area (Å²) in [6.45, 7) is -1.49. The van der Waals surface area contributed by atoms with Gasteiger partial charge in [-0.05, 0) is 0 Å². The summed E-state index contributed by atoms with van der Waals surface area (Å²) >= 11 is 0. The average Bonchev–Trinajstić information content (AvgIpc) is 3.24. The number of aliphatic hydroxyl groups is 12. The number of rotatable bonds is 18. The van der Waals surface area contributed by atoms with Crippen LogP contribution in [0.1, 0.15) is 26.7 Å². The van der Waals surface area contributed by atoms with Crippen LogP contribution in [0.5, 0.6) is 0 Å². The molecule has 5 rings (SSSR count). The van der Waals surface area contributed by atoms with Crippen molar-refractivity contribution in [2.75, 3.05) is 46.2 Å². The zero-order chi connectivity index (χ0) is 46.3. The van der Waals surface area contributed by atoms with Crippen LogP contribution in [-0.4, -0.2) is 260 Å². The van der Waals surface area contributed by atoms with Gasteiger partial charge in [0.1, 0.15) is 97.5 Å². The molecule has 0 aliphatic carbocycles. The number of carbonyl (C=O) groups is 2. The Hall–Kier alpha value is -1.98. The number of aliphatic hydroxyl groups excluding tert-OH is 12. The van der Waals surface area contributed by atoms with Crippen molar-refractivity contribution in [3.63, 3.8) is 0 Å². The number of hydrogen-bond donors (Lipinski definition) is 15. The minimum absolute atomic E-state index is 0.0449. The highest BCUT2D eigenvalue weighted by Crippen LogP contribution is 2.35. The van der Waals surface area contributed by atoms with Gasteiger partial charge in [0.05, 0.1) is 51.8 Å². The Kier molecular flexibility index (Phi) is 19.5. The first kappa shape index (κ1) is 52.0. The summed E-state index contributed by atoms with van der Waals surface area (Å²) in [6, 6.07) is -2.89. The molecule has 2 amide bonds. The summed E-state index contributed by atoms with van der Waals surface area (Å²) in [5.41, 5.74) is 5.54. The lowest BCUT2D eigenvalue weighted by molar-refractivity contribution is -0.376. The third-order valence-corrected chi connectivity index (χ3v) is 11.3. The molecule has 5 heterocycles. The SMILES string of the molecule is CC(=O)NC1[C@H](OCCN)OC(CO)[C@@H](O[C@@H]2OC(CO)[C@@H](O[C@@H]3OC(CO[C@@H]4C[C@@H](O)[C@H](O)C(CO)O4)[C@@H](O)[C@H](O[C@H]4CC(O)[C@@H](O)C(CO)O4)C3O)[C@H](O)C2NC(C)=O)[C@@H]1O. The van der Waals surface area contributed by atoms with E-state index in [1.165, 1.54) is 6.92 Å². The van der Waals surface area contributed by atoms with Crippen molar-refractivity contribution in [3.05, 3.63) is 0 Å². The third-order valence-electron chi connectivity index (χ3n) is 11.3. The van der Waals surface area contributed by atoms with Crippen molar-refractivity contribution >= 4 is 11.8 Å². The second-order valence-electron chi connectivity index (χ2n) is 15.9. The molecule has 23 atom stereocenters. The molecule has 0 aromatic rings. The molecule has 0 bridgehead atoms. The first-order valence-corrected chi connectivity index (χ1v) is 20.6. The predicted octanol–water partition coefficient (Wildman–Crippen LogP) is -9.60. The summed E-state index contributed by atoms with van der Waals surface area (Å²) in [4.78, 5) is 24.6. The molecule has 27 heteroatoms. The van der Waals surface area contributed by atoms with E-state index in [0.29, 0.717) is 0 Å². The van der Waals surface area contributed by atoms with Gasteiger partial charge in [-0.25, -0.2) is 0 Å². The molecule has 16 N–H and O–H groups in total. The molecule has 0 radical (unpaired) electrons. The zero-order valence-electron chi connectivity index (χ0n) is 34.5. The predicted molar refractivity (Wildman–Crippen MR) is 200 cm³/mol. The number of nitrogens with two attached hydrogens (primary N) is 1. The average molecular weight is 922 g/mol. The van der Waals surface area contributed by atoms with Crippen LogP contribution < -0.4 is 16.4 Å². The van der Waals surface area contributed by atoms with Crippen LogP contribution in [0.4, 0.5) is 0 Å². The van der Waals surface area contributed by atoms with Gasteiger partial charge < -0.3 is 125 Å². The summed E-state index contributed by atoms with van der Waals surface area (Å²) in [7, 11) is 0. The van der Waals surface area contributed by atoms with Crippen molar-refractivity contribution in [3.8, 4) is 0 Å². The Labute approximate surface area is 360 Å². The number of carbonyl (C=O) groups excluding carboxylic acids is 2. The highest BCUT2D eigenvalue weighted by Gasteiger charge is 2.55. The Morgan fingerprint density at radius 2 is 0.984 bits per heavy atom. The molecule has 5 aliphatic heterocycles. The highest BCUT2D eigenvalue weighted by molar-refractivity contribution is 5.73. The van der Waals surface area contributed by atoms with Crippen molar-refractivity contribution in [1.29, 1.82) is 0 Å². The van der Waals surface area contributed by atoms with E-state index in [-0.39, 0.29) is 19.6 Å². The topological polar surface area (TPSA) is 419 Å². The Morgan fingerprint density at radius 3 is 1.49 bits per heavy atom. The van der Waals surface area contributed by atoms with Gasteiger partial charge in [-0.3, -0.25) is 9.59 Å².